The van der Waals surface area contributed by atoms with Crippen LogP contribution in [0.2, 0.25) is 0 Å². The number of carbonyl (C=O) groups is 2. The second-order valence-corrected chi connectivity index (χ2v) is 19.7. The summed E-state index contributed by atoms with van der Waals surface area (Å²) in [6.45, 7) is 9.94. The number of methoxy groups -OCH3 is 2. The Bertz CT molecular complexity index is 2700. The predicted molar refractivity (Wildman–Crippen MR) is 249 cm³/mol. The van der Waals surface area contributed by atoms with Gasteiger partial charge in [0, 0.05) is 11.8 Å². The quantitative estimate of drug-likeness (QED) is 0.0378. The van der Waals surface area contributed by atoms with Crippen molar-refractivity contribution in [2.75, 3.05) is 38.9 Å². The molecular formula is C42H58N12O12P2. The van der Waals surface area contributed by atoms with Crippen LogP contribution in [0.25, 0.3) is 22.3 Å². The van der Waals surface area contributed by atoms with Gasteiger partial charge in [-0.05, 0) is 66.5 Å². The molecule has 368 valence electrons. The molecule has 26 heteroatoms. The fourth-order valence-corrected chi connectivity index (χ4v) is 9.75. The Morgan fingerprint density at radius 1 is 0.706 bits per heavy atom. The van der Waals surface area contributed by atoms with Gasteiger partial charge < -0.3 is 49.0 Å². The number of esters is 2. The minimum absolute atomic E-state index is 0.00714. The zero-order chi connectivity index (χ0) is 49.3. The number of nitrogens with zero attached hydrogens (tertiary/aromatic N) is 8. The van der Waals surface area contributed by atoms with Gasteiger partial charge >= 0.3 is 27.4 Å². The van der Waals surface area contributed by atoms with E-state index in [2.05, 4.69) is 40.1 Å². The van der Waals surface area contributed by atoms with Gasteiger partial charge in [-0.15, -0.1) is 0 Å². The summed E-state index contributed by atoms with van der Waals surface area (Å²) in [5.74, 6) is -0.289. The van der Waals surface area contributed by atoms with Crippen molar-refractivity contribution in [1.82, 2.24) is 49.2 Å². The molecule has 0 radical (unpaired) electrons. The van der Waals surface area contributed by atoms with Crippen molar-refractivity contribution in [3.63, 3.8) is 0 Å². The monoisotopic (exact) mass is 984 g/mol. The van der Waals surface area contributed by atoms with E-state index in [9.17, 15) is 23.6 Å². The first-order chi connectivity index (χ1) is 32.3. The Kier molecular flexibility index (Phi) is 16.9. The number of nitrogens with two attached hydrogens (primary N) is 2. The Hall–Kier alpha value is -6.00. The summed E-state index contributed by atoms with van der Waals surface area (Å²) >= 11 is 0. The molecule has 0 saturated carbocycles. The number of allylic oxidation sites excluding steroid dienone is 2. The normalized spacial score (nSPS) is 20.4. The van der Waals surface area contributed by atoms with Gasteiger partial charge in [0.15, 0.2) is 22.3 Å². The molecule has 5 aromatic rings. The van der Waals surface area contributed by atoms with Gasteiger partial charge in [-0.25, -0.2) is 24.2 Å². The lowest BCUT2D eigenvalue weighted by molar-refractivity contribution is -0.150. The van der Waals surface area contributed by atoms with Crippen LogP contribution in [0.5, 0.6) is 17.5 Å². The topological polar surface area (TPSA) is 316 Å². The van der Waals surface area contributed by atoms with Crippen LogP contribution in [0.3, 0.4) is 0 Å². The molecule has 7 N–H and O–H groups in total. The number of rotatable bonds is 20. The fraction of sp³-hybridized carbons (Fsp3) is 0.476. The SMILES string of the molecule is COc1nc(N)nc2c1ncn2[C@H]1C=C[C@@H](COP(=O)(N[C@@H](C)C(=O)OC(C)C)Oc2ccccc2)C1.COc1nc(N)nc2c1ncn2[C@H]1C=C[C@@H](COP(=O)(O)N[C@@H](C)C(=O)OC(C)C)C1. The van der Waals surface area contributed by atoms with E-state index in [0.717, 1.165) is 0 Å². The van der Waals surface area contributed by atoms with Gasteiger partial charge in [0.05, 0.1) is 64.4 Å². The molecule has 7 rings (SSSR count). The molecule has 1 aromatic carbocycles. The number of nitrogen functional groups attached to an aromatic ring is 2. The zero-order valence-electron chi connectivity index (χ0n) is 38.9. The molecule has 24 nitrogen and oxygen atoms in total. The predicted octanol–water partition coefficient (Wildman–Crippen LogP) is 5.25. The van der Waals surface area contributed by atoms with E-state index in [0.29, 0.717) is 52.7 Å². The highest BCUT2D eigenvalue weighted by Crippen LogP contribution is 2.46. The van der Waals surface area contributed by atoms with Crippen molar-refractivity contribution in [2.24, 2.45) is 11.8 Å². The lowest BCUT2D eigenvalue weighted by Crippen LogP contribution is -2.36. The molecule has 0 saturated heterocycles. The number of hydrogen-bond acceptors (Lipinski definition) is 19. The summed E-state index contributed by atoms with van der Waals surface area (Å²) in [6.07, 6.45) is 11.7. The van der Waals surface area contributed by atoms with Gasteiger partial charge in [0.2, 0.25) is 23.7 Å². The first-order valence-electron chi connectivity index (χ1n) is 21.6. The van der Waals surface area contributed by atoms with Crippen molar-refractivity contribution in [3.8, 4) is 17.5 Å². The van der Waals surface area contributed by atoms with Crippen LogP contribution in [0, 0.1) is 11.8 Å². The number of nitrogens with one attached hydrogen (secondary N) is 2. The molecule has 2 aliphatic rings. The largest absolute Gasteiger partial charge is 0.479 e. The fourth-order valence-electron chi connectivity index (χ4n) is 7.14. The second-order valence-electron chi connectivity index (χ2n) is 16.4. The molecule has 0 aliphatic heterocycles. The Balaban J connectivity index is 0.000000228. The Morgan fingerprint density at radius 3 is 1.62 bits per heavy atom. The summed E-state index contributed by atoms with van der Waals surface area (Å²) in [6, 6.07) is 6.56. The van der Waals surface area contributed by atoms with E-state index >= 15 is 0 Å². The summed E-state index contributed by atoms with van der Waals surface area (Å²) in [7, 11) is -5.16. The lowest BCUT2D eigenvalue weighted by Gasteiger charge is -2.24. The molecule has 8 atom stereocenters. The molecule has 4 heterocycles. The number of fused-ring (bicyclic) bond motifs is 2. The molecule has 0 fully saturated rings. The number of carbonyl (C=O) groups excluding carboxylic acids is 2. The number of aromatic nitrogens is 8. The summed E-state index contributed by atoms with van der Waals surface area (Å²) in [5.41, 5.74) is 13.7. The lowest BCUT2D eigenvalue weighted by atomic mass is 10.1. The van der Waals surface area contributed by atoms with Crippen LogP contribution in [0.4, 0.5) is 11.9 Å². The molecular weight excluding hydrogens is 926 g/mol. The highest BCUT2D eigenvalue weighted by molar-refractivity contribution is 7.52. The number of imidazole rings is 2. The average Bonchev–Trinajstić information content (AvgIpc) is 4.11. The summed E-state index contributed by atoms with van der Waals surface area (Å²) in [4.78, 5) is 59.5. The van der Waals surface area contributed by atoms with E-state index in [1.807, 2.05) is 39.5 Å². The van der Waals surface area contributed by atoms with Gasteiger partial charge in [-0.2, -0.15) is 25.0 Å². The molecule has 68 heavy (non-hydrogen) atoms. The van der Waals surface area contributed by atoms with Gasteiger partial charge in [0.25, 0.3) is 0 Å². The molecule has 0 spiro atoms. The average molecular weight is 985 g/mol. The molecule has 2 unspecified atom stereocenters. The zero-order valence-corrected chi connectivity index (χ0v) is 40.7. The van der Waals surface area contributed by atoms with Crippen LogP contribution in [0.1, 0.15) is 66.5 Å². The van der Waals surface area contributed by atoms with E-state index in [4.69, 9.17) is 44.0 Å². The van der Waals surface area contributed by atoms with Gasteiger partial charge in [0.1, 0.15) is 17.8 Å². The summed E-state index contributed by atoms with van der Waals surface area (Å²) < 4.78 is 67.2. The number of anilines is 2. The van der Waals surface area contributed by atoms with Crippen molar-refractivity contribution < 1.29 is 56.1 Å². The minimum Gasteiger partial charge on any atom is -0.479 e. The standard InChI is InChI=1S/C24H31N6O6P.C18H27N6O6P/c1-15(2)35-23(31)16(3)29-37(32,36-19-8-6-5-7-9-19)34-13-17-10-11-18(12-17)30-14-26-20-21(30)27-24(25)28-22(20)33-4;1-10(2)30-17(25)11(3)23-31(26,27)29-8-12-5-6-13(7-12)24-9-20-14-15(24)21-18(19)22-16(14)28-4/h5-11,14-18H,12-13H2,1-4H3,(H,29,32)(H2,25,27,28);5-6,9-13H,7-8H2,1-4H3,(H2,19,21,22)(H2,23,26,27)/t16-,17+,18-,37?;11-,12+,13-/m00/s1. The molecule has 2 aliphatic carbocycles. The van der Waals surface area contributed by atoms with E-state index in [1.54, 1.807) is 71.5 Å². The maximum Gasteiger partial charge on any atom is 0.459 e. The highest BCUT2D eigenvalue weighted by Gasteiger charge is 2.35. The van der Waals surface area contributed by atoms with Crippen LogP contribution in [0.15, 0.2) is 67.3 Å². The first kappa shape index (κ1) is 51.4. The minimum atomic E-state index is -4.19. The van der Waals surface area contributed by atoms with Crippen LogP contribution in [-0.4, -0.2) is 108 Å². The van der Waals surface area contributed by atoms with Crippen molar-refractivity contribution in [1.29, 1.82) is 0 Å². The van der Waals surface area contributed by atoms with E-state index < -0.39 is 39.5 Å². The number of benzene rings is 1. The number of para-hydroxylation sites is 1. The summed E-state index contributed by atoms with van der Waals surface area (Å²) in [5, 5.41) is 5.00. The Labute approximate surface area is 392 Å². The van der Waals surface area contributed by atoms with Gasteiger partial charge in [-0.3, -0.25) is 18.6 Å². The Morgan fingerprint density at radius 2 is 1.16 bits per heavy atom. The third-order valence-corrected chi connectivity index (χ3v) is 13.1. The van der Waals surface area contributed by atoms with E-state index in [-0.39, 0.29) is 61.2 Å². The van der Waals surface area contributed by atoms with Crippen molar-refractivity contribution >= 4 is 61.7 Å². The van der Waals surface area contributed by atoms with Crippen LogP contribution >= 0.6 is 15.5 Å². The molecule has 0 amide bonds. The highest BCUT2D eigenvalue weighted by atomic mass is 31.2. The van der Waals surface area contributed by atoms with Gasteiger partial charge in [-0.1, -0.05) is 42.5 Å². The van der Waals surface area contributed by atoms with Crippen LogP contribution < -0.4 is 35.6 Å². The maximum absolute atomic E-state index is 13.7. The molecule has 0 bridgehead atoms. The molecule has 4 aromatic heterocycles. The van der Waals surface area contributed by atoms with Crippen LogP contribution in [-0.2, 0) is 37.2 Å². The number of ether oxygens (including phenoxy) is 4. The first-order valence-corrected chi connectivity index (χ1v) is 24.8. The third-order valence-electron chi connectivity index (χ3n) is 10.2. The second kappa shape index (κ2) is 22.4. The number of hydrogen-bond donors (Lipinski definition) is 5. The van der Waals surface area contributed by atoms with Crippen molar-refractivity contribution in [2.45, 2.75) is 90.8 Å². The smallest absolute Gasteiger partial charge is 0.459 e. The van der Waals surface area contributed by atoms with Crippen molar-refractivity contribution in [3.05, 3.63) is 67.3 Å². The van der Waals surface area contributed by atoms with E-state index in [1.165, 1.54) is 21.1 Å². The maximum atomic E-state index is 13.7. The third kappa shape index (κ3) is 13.4.